The summed E-state index contributed by atoms with van der Waals surface area (Å²) in [5, 5.41) is 4.21. The van der Waals surface area contributed by atoms with E-state index in [1.165, 1.54) is 19.3 Å². The van der Waals surface area contributed by atoms with Crippen LogP contribution in [0.3, 0.4) is 0 Å². The van der Waals surface area contributed by atoms with Crippen LogP contribution in [0.4, 0.5) is 0 Å². The van der Waals surface area contributed by atoms with E-state index in [0.717, 1.165) is 35.2 Å². The predicted molar refractivity (Wildman–Crippen MR) is 93.8 cm³/mol. The molecule has 0 bridgehead atoms. The van der Waals surface area contributed by atoms with E-state index < -0.39 is 0 Å². The highest BCUT2D eigenvalue weighted by Gasteiger charge is 2.31. The van der Waals surface area contributed by atoms with Crippen LogP contribution in [-0.4, -0.2) is 36.5 Å². The van der Waals surface area contributed by atoms with Gasteiger partial charge in [0, 0.05) is 27.7 Å². The van der Waals surface area contributed by atoms with Gasteiger partial charge in [-0.3, -0.25) is 4.79 Å². The standard InChI is InChI=1S/C16H20ClIN2O/c17-12-5-6-14(18)13(9-12)16(21)20-8-2-3-11(10-20)15-4-1-7-19-15/h5-6,9,11,15,19H,1-4,7-8,10H2. The molecule has 0 aliphatic carbocycles. The Hall–Kier alpha value is -0.330. The van der Waals surface area contributed by atoms with Crippen molar-refractivity contribution in [3.8, 4) is 0 Å². The van der Waals surface area contributed by atoms with Gasteiger partial charge in [0.2, 0.25) is 0 Å². The molecular formula is C16H20ClIN2O. The Balaban J connectivity index is 1.73. The maximum absolute atomic E-state index is 12.8. The Labute approximate surface area is 144 Å². The topological polar surface area (TPSA) is 32.3 Å². The van der Waals surface area contributed by atoms with Gasteiger partial charge in [-0.25, -0.2) is 0 Å². The Kier molecular flexibility index (Phi) is 5.07. The van der Waals surface area contributed by atoms with Crippen LogP contribution in [0.25, 0.3) is 0 Å². The van der Waals surface area contributed by atoms with Gasteiger partial charge in [-0.05, 0) is 78.9 Å². The maximum Gasteiger partial charge on any atom is 0.254 e. The molecule has 2 aliphatic heterocycles. The van der Waals surface area contributed by atoms with Crippen molar-refractivity contribution < 1.29 is 4.79 Å². The maximum atomic E-state index is 12.8. The summed E-state index contributed by atoms with van der Waals surface area (Å²) in [6.45, 7) is 2.87. The fourth-order valence-electron chi connectivity index (χ4n) is 3.47. The summed E-state index contributed by atoms with van der Waals surface area (Å²) in [5.74, 6) is 0.728. The quantitative estimate of drug-likeness (QED) is 0.745. The van der Waals surface area contributed by atoms with E-state index in [9.17, 15) is 4.79 Å². The number of likely N-dealkylation sites (tertiary alicyclic amines) is 1. The molecule has 1 amide bonds. The lowest BCUT2D eigenvalue weighted by Crippen LogP contribution is -2.46. The molecule has 0 aromatic heterocycles. The number of hydrogen-bond donors (Lipinski definition) is 1. The van der Waals surface area contributed by atoms with Crippen LogP contribution in [0.15, 0.2) is 18.2 Å². The summed E-state index contributed by atoms with van der Waals surface area (Å²) in [6, 6.07) is 6.14. The van der Waals surface area contributed by atoms with Gasteiger partial charge in [0.15, 0.2) is 0 Å². The molecule has 5 heteroatoms. The van der Waals surface area contributed by atoms with Gasteiger partial charge >= 0.3 is 0 Å². The second kappa shape index (κ2) is 6.84. The Morgan fingerprint density at radius 3 is 2.95 bits per heavy atom. The zero-order chi connectivity index (χ0) is 14.8. The molecule has 0 spiro atoms. The van der Waals surface area contributed by atoms with Crippen LogP contribution in [0, 0.1) is 9.49 Å². The van der Waals surface area contributed by atoms with Crippen LogP contribution in [0.1, 0.15) is 36.0 Å². The van der Waals surface area contributed by atoms with Gasteiger partial charge < -0.3 is 10.2 Å². The van der Waals surface area contributed by atoms with E-state index in [4.69, 9.17) is 11.6 Å². The number of halogens is 2. The minimum atomic E-state index is 0.129. The molecule has 1 aromatic rings. The Morgan fingerprint density at radius 1 is 1.33 bits per heavy atom. The molecule has 114 valence electrons. The summed E-state index contributed by atoms with van der Waals surface area (Å²) < 4.78 is 0.975. The molecular weight excluding hydrogens is 399 g/mol. The van der Waals surface area contributed by atoms with E-state index in [0.29, 0.717) is 17.0 Å². The number of rotatable bonds is 2. The molecule has 2 unspecified atom stereocenters. The van der Waals surface area contributed by atoms with Crippen molar-refractivity contribution in [3.63, 3.8) is 0 Å². The third kappa shape index (κ3) is 3.54. The van der Waals surface area contributed by atoms with E-state index in [-0.39, 0.29) is 5.91 Å². The number of piperidine rings is 1. The van der Waals surface area contributed by atoms with Crippen molar-refractivity contribution in [3.05, 3.63) is 32.4 Å². The molecule has 2 aliphatic rings. The summed E-state index contributed by atoms with van der Waals surface area (Å²) in [5.41, 5.74) is 0.739. The molecule has 0 saturated carbocycles. The lowest BCUT2D eigenvalue weighted by Gasteiger charge is -2.36. The average molecular weight is 419 g/mol. The Bertz CT molecular complexity index is 531. The predicted octanol–water partition coefficient (Wildman–Crippen LogP) is 3.55. The molecule has 2 saturated heterocycles. The van der Waals surface area contributed by atoms with Crippen LogP contribution in [0.2, 0.25) is 5.02 Å². The smallest absolute Gasteiger partial charge is 0.254 e. The molecule has 3 rings (SSSR count). The van der Waals surface area contributed by atoms with Crippen molar-refractivity contribution in [1.82, 2.24) is 10.2 Å². The lowest BCUT2D eigenvalue weighted by molar-refractivity contribution is 0.0650. The van der Waals surface area contributed by atoms with E-state index in [2.05, 4.69) is 27.9 Å². The van der Waals surface area contributed by atoms with Gasteiger partial charge in [0.25, 0.3) is 5.91 Å². The first-order valence-electron chi connectivity index (χ1n) is 7.63. The minimum absolute atomic E-state index is 0.129. The number of carbonyl (C=O) groups excluding carboxylic acids is 1. The number of nitrogens with zero attached hydrogens (tertiary/aromatic N) is 1. The molecule has 1 aromatic carbocycles. The zero-order valence-electron chi connectivity index (χ0n) is 11.9. The van der Waals surface area contributed by atoms with E-state index >= 15 is 0 Å². The summed E-state index contributed by atoms with van der Waals surface area (Å²) in [4.78, 5) is 14.8. The number of carbonyl (C=O) groups is 1. The van der Waals surface area contributed by atoms with Crippen molar-refractivity contribution >= 4 is 40.1 Å². The number of nitrogens with one attached hydrogen (secondary N) is 1. The highest BCUT2D eigenvalue weighted by Crippen LogP contribution is 2.27. The lowest BCUT2D eigenvalue weighted by atomic mass is 9.89. The van der Waals surface area contributed by atoms with Crippen LogP contribution >= 0.6 is 34.2 Å². The van der Waals surface area contributed by atoms with Gasteiger partial charge in [0.05, 0.1) is 5.56 Å². The molecule has 0 radical (unpaired) electrons. The average Bonchev–Trinajstić information content (AvgIpc) is 3.03. The van der Waals surface area contributed by atoms with Crippen molar-refractivity contribution in [2.24, 2.45) is 5.92 Å². The summed E-state index contributed by atoms with van der Waals surface area (Å²) in [7, 11) is 0. The third-order valence-electron chi connectivity index (χ3n) is 4.57. The van der Waals surface area contributed by atoms with Crippen molar-refractivity contribution in [2.45, 2.75) is 31.7 Å². The fraction of sp³-hybridized carbons (Fsp3) is 0.562. The summed E-state index contributed by atoms with van der Waals surface area (Å²) in [6.07, 6.45) is 4.85. The van der Waals surface area contributed by atoms with Crippen molar-refractivity contribution in [2.75, 3.05) is 19.6 Å². The molecule has 21 heavy (non-hydrogen) atoms. The largest absolute Gasteiger partial charge is 0.338 e. The molecule has 3 nitrogen and oxygen atoms in total. The minimum Gasteiger partial charge on any atom is -0.338 e. The third-order valence-corrected chi connectivity index (χ3v) is 5.75. The van der Waals surface area contributed by atoms with Gasteiger partial charge in [-0.1, -0.05) is 11.6 Å². The highest BCUT2D eigenvalue weighted by atomic mass is 127. The molecule has 2 fully saturated rings. The molecule has 2 atom stereocenters. The van der Waals surface area contributed by atoms with Gasteiger partial charge in [-0.15, -0.1) is 0 Å². The van der Waals surface area contributed by atoms with Crippen LogP contribution < -0.4 is 5.32 Å². The monoisotopic (exact) mass is 418 g/mol. The molecule has 2 heterocycles. The normalized spacial score (nSPS) is 26.1. The van der Waals surface area contributed by atoms with Crippen LogP contribution in [-0.2, 0) is 0 Å². The summed E-state index contributed by atoms with van der Waals surface area (Å²) >= 11 is 8.26. The number of benzene rings is 1. The van der Waals surface area contributed by atoms with Crippen molar-refractivity contribution in [1.29, 1.82) is 0 Å². The van der Waals surface area contributed by atoms with E-state index in [1.54, 1.807) is 6.07 Å². The Morgan fingerprint density at radius 2 is 2.19 bits per heavy atom. The number of amides is 1. The SMILES string of the molecule is O=C(c1cc(Cl)ccc1I)N1CCCC(C2CCCN2)C1. The van der Waals surface area contributed by atoms with E-state index in [1.807, 2.05) is 17.0 Å². The number of hydrogen-bond acceptors (Lipinski definition) is 2. The second-order valence-corrected chi connectivity index (χ2v) is 7.58. The van der Waals surface area contributed by atoms with Gasteiger partial charge in [-0.2, -0.15) is 0 Å². The zero-order valence-corrected chi connectivity index (χ0v) is 14.9. The molecule has 1 N–H and O–H groups in total. The highest BCUT2D eigenvalue weighted by molar-refractivity contribution is 14.1. The first-order valence-corrected chi connectivity index (χ1v) is 9.08. The fourth-order valence-corrected chi connectivity index (χ4v) is 4.21. The van der Waals surface area contributed by atoms with Gasteiger partial charge in [0.1, 0.15) is 0 Å². The first kappa shape index (κ1) is 15.6. The first-order chi connectivity index (χ1) is 10.1. The van der Waals surface area contributed by atoms with Crippen LogP contribution in [0.5, 0.6) is 0 Å². The second-order valence-electron chi connectivity index (χ2n) is 5.98.